The second kappa shape index (κ2) is 8.95. The monoisotopic (exact) mass is 313 g/mol. The SMILES string of the molecule is CN(C)C1(CNC(=O)[C@@H](N)CCCNC(N)=O)CCCCC1. The number of carbonyl (C=O) groups excluding carboxylic acids is 2. The van der Waals surface area contributed by atoms with E-state index in [0.29, 0.717) is 25.9 Å². The zero-order valence-corrected chi connectivity index (χ0v) is 13.9. The molecule has 0 aliphatic heterocycles. The van der Waals surface area contributed by atoms with Gasteiger partial charge in [-0.15, -0.1) is 0 Å². The molecule has 1 atom stereocenters. The molecule has 3 amide bonds. The Morgan fingerprint density at radius 3 is 2.36 bits per heavy atom. The maximum Gasteiger partial charge on any atom is 0.312 e. The molecule has 1 rings (SSSR count). The summed E-state index contributed by atoms with van der Waals surface area (Å²) in [4.78, 5) is 24.9. The first-order valence-electron chi connectivity index (χ1n) is 8.11. The summed E-state index contributed by atoms with van der Waals surface area (Å²) in [5, 5.41) is 5.50. The average Bonchev–Trinajstić information content (AvgIpc) is 2.49. The Hall–Kier alpha value is -1.34. The zero-order chi connectivity index (χ0) is 16.6. The first-order valence-corrected chi connectivity index (χ1v) is 8.11. The molecule has 1 aliphatic carbocycles. The molecule has 128 valence electrons. The van der Waals surface area contributed by atoms with E-state index in [2.05, 4.69) is 29.6 Å². The molecular formula is C15H31N5O2. The fourth-order valence-electron chi connectivity index (χ4n) is 3.04. The molecule has 7 nitrogen and oxygen atoms in total. The number of nitrogens with one attached hydrogen (secondary N) is 2. The highest BCUT2D eigenvalue weighted by molar-refractivity contribution is 5.81. The van der Waals surface area contributed by atoms with Crippen molar-refractivity contribution in [3.05, 3.63) is 0 Å². The van der Waals surface area contributed by atoms with Gasteiger partial charge in [0.25, 0.3) is 0 Å². The molecule has 1 aliphatic rings. The van der Waals surface area contributed by atoms with Gasteiger partial charge in [-0.3, -0.25) is 4.79 Å². The van der Waals surface area contributed by atoms with Crippen molar-refractivity contribution >= 4 is 11.9 Å². The highest BCUT2D eigenvalue weighted by atomic mass is 16.2. The van der Waals surface area contributed by atoms with Crippen LogP contribution in [-0.2, 0) is 4.79 Å². The quantitative estimate of drug-likeness (QED) is 0.477. The molecule has 0 heterocycles. The average molecular weight is 313 g/mol. The smallest absolute Gasteiger partial charge is 0.312 e. The van der Waals surface area contributed by atoms with E-state index in [1.54, 1.807) is 0 Å². The number of rotatable bonds is 8. The van der Waals surface area contributed by atoms with Crippen LogP contribution < -0.4 is 22.1 Å². The van der Waals surface area contributed by atoms with Gasteiger partial charge in [-0.05, 0) is 39.8 Å². The number of likely N-dealkylation sites (N-methyl/N-ethyl adjacent to an activating group) is 1. The van der Waals surface area contributed by atoms with Crippen LogP contribution in [0.5, 0.6) is 0 Å². The van der Waals surface area contributed by atoms with Crippen molar-refractivity contribution in [2.45, 2.75) is 56.5 Å². The van der Waals surface area contributed by atoms with Gasteiger partial charge >= 0.3 is 6.03 Å². The predicted molar refractivity (Wildman–Crippen MR) is 87.3 cm³/mol. The number of carbonyl (C=O) groups is 2. The van der Waals surface area contributed by atoms with E-state index in [9.17, 15) is 9.59 Å². The second-order valence-corrected chi connectivity index (χ2v) is 6.44. The third-order valence-corrected chi connectivity index (χ3v) is 4.65. The Morgan fingerprint density at radius 1 is 1.18 bits per heavy atom. The molecule has 0 bridgehead atoms. The van der Waals surface area contributed by atoms with Gasteiger partial charge in [0, 0.05) is 18.6 Å². The van der Waals surface area contributed by atoms with Crippen LogP contribution in [0.1, 0.15) is 44.9 Å². The van der Waals surface area contributed by atoms with Gasteiger partial charge in [0.05, 0.1) is 6.04 Å². The van der Waals surface area contributed by atoms with Gasteiger partial charge in [0.1, 0.15) is 0 Å². The van der Waals surface area contributed by atoms with Crippen LogP contribution >= 0.6 is 0 Å². The highest BCUT2D eigenvalue weighted by Crippen LogP contribution is 2.31. The minimum atomic E-state index is -0.553. The van der Waals surface area contributed by atoms with Crippen LogP contribution in [0.2, 0.25) is 0 Å². The molecule has 7 heteroatoms. The molecule has 0 aromatic carbocycles. The molecule has 0 aromatic heterocycles. The summed E-state index contributed by atoms with van der Waals surface area (Å²) in [6.45, 7) is 1.09. The Kier molecular flexibility index (Phi) is 7.61. The van der Waals surface area contributed by atoms with E-state index >= 15 is 0 Å². The van der Waals surface area contributed by atoms with Gasteiger partial charge < -0.3 is 27.0 Å². The predicted octanol–water partition coefficient (Wildman–Crippen LogP) is 0.143. The van der Waals surface area contributed by atoms with Crippen molar-refractivity contribution < 1.29 is 9.59 Å². The van der Waals surface area contributed by atoms with Crippen LogP contribution in [0.3, 0.4) is 0 Å². The summed E-state index contributed by atoms with van der Waals surface area (Å²) in [7, 11) is 4.15. The Morgan fingerprint density at radius 2 is 1.82 bits per heavy atom. The van der Waals surface area contributed by atoms with Crippen molar-refractivity contribution in [3.8, 4) is 0 Å². The normalized spacial score (nSPS) is 18.7. The maximum absolute atomic E-state index is 12.1. The van der Waals surface area contributed by atoms with Crippen LogP contribution in [0.25, 0.3) is 0 Å². The minimum Gasteiger partial charge on any atom is -0.353 e. The number of primary amides is 1. The molecule has 6 N–H and O–H groups in total. The highest BCUT2D eigenvalue weighted by Gasteiger charge is 2.34. The summed E-state index contributed by atoms with van der Waals surface area (Å²) in [6, 6.07) is -1.10. The summed E-state index contributed by atoms with van der Waals surface area (Å²) in [5.41, 5.74) is 10.9. The largest absolute Gasteiger partial charge is 0.353 e. The topological polar surface area (TPSA) is 113 Å². The fourth-order valence-corrected chi connectivity index (χ4v) is 3.04. The van der Waals surface area contributed by atoms with E-state index in [1.165, 1.54) is 19.3 Å². The third-order valence-electron chi connectivity index (χ3n) is 4.65. The molecular weight excluding hydrogens is 282 g/mol. The molecule has 0 unspecified atom stereocenters. The first kappa shape index (κ1) is 18.7. The van der Waals surface area contributed by atoms with Crippen LogP contribution in [-0.4, -0.2) is 55.6 Å². The lowest BCUT2D eigenvalue weighted by Gasteiger charge is -2.43. The van der Waals surface area contributed by atoms with E-state index < -0.39 is 12.1 Å². The Bertz CT molecular complexity index is 367. The summed E-state index contributed by atoms with van der Waals surface area (Å²) < 4.78 is 0. The van der Waals surface area contributed by atoms with Crippen molar-refractivity contribution in [3.63, 3.8) is 0 Å². The molecule has 0 saturated heterocycles. The lowest BCUT2D eigenvalue weighted by atomic mass is 9.80. The number of hydrogen-bond acceptors (Lipinski definition) is 4. The molecule has 0 radical (unpaired) electrons. The standard InChI is InChI=1S/C15H31N5O2/c1-20(2)15(8-4-3-5-9-15)11-19-13(21)12(16)7-6-10-18-14(17)22/h12H,3-11,16H2,1-2H3,(H,19,21)(H3,17,18,22)/t12-/m0/s1. The van der Waals surface area contributed by atoms with Crippen LogP contribution in [0, 0.1) is 0 Å². The van der Waals surface area contributed by atoms with Gasteiger partial charge in [0.15, 0.2) is 0 Å². The minimum absolute atomic E-state index is 0.0567. The molecule has 1 fully saturated rings. The molecule has 22 heavy (non-hydrogen) atoms. The fraction of sp³-hybridized carbons (Fsp3) is 0.867. The number of nitrogens with two attached hydrogens (primary N) is 2. The van der Waals surface area contributed by atoms with E-state index in [1.807, 2.05) is 0 Å². The van der Waals surface area contributed by atoms with Gasteiger partial charge in [-0.25, -0.2) is 4.79 Å². The van der Waals surface area contributed by atoms with Crippen LogP contribution in [0.4, 0.5) is 4.79 Å². The van der Waals surface area contributed by atoms with E-state index in [4.69, 9.17) is 11.5 Å². The molecule has 1 saturated carbocycles. The zero-order valence-electron chi connectivity index (χ0n) is 13.9. The van der Waals surface area contributed by atoms with Crippen molar-refractivity contribution in [1.29, 1.82) is 0 Å². The number of nitrogens with zero attached hydrogens (tertiary/aromatic N) is 1. The summed E-state index contributed by atoms with van der Waals surface area (Å²) in [6.07, 6.45) is 7.07. The van der Waals surface area contributed by atoms with Crippen molar-refractivity contribution in [1.82, 2.24) is 15.5 Å². The summed E-state index contributed by atoms with van der Waals surface area (Å²) in [5.74, 6) is -0.120. The van der Waals surface area contributed by atoms with E-state index in [0.717, 1.165) is 12.8 Å². The van der Waals surface area contributed by atoms with E-state index in [-0.39, 0.29) is 11.4 Å². The third kappa shape index (κ3) is 5.81. The molecule has 0 aromatic rings. The Balaban J connectivity index is 2.35. The summed E-state index contributed by atoms with van der Waals surface area (Å²) >= 11 is 0. The van der Waals surface area contributed by atoms with Crippen molar-refractivity contribution in [2.75, 3.05) is 27.2 Å². The van der Waals surface area contributed by atoms with Gasteiger partial charge in [-0.1, -0.05) is 19.3 Å². The maximum atomic E-state index is 12.1. The number of urea groups is 1. The second-order valence-electron chi connectivity index (χ2n) is 6.44. The van der Waals surface area contributed by atoms with Crippen LogP contribution in [0.15, 0.2) is 0 Å². The lowest BCUT2D eigenvalue weighted by Crippen LogP contribution is -2.55. The number of amides is 3. The first-order chi connectivity index (χ1) is 10.4. The number of hydrogen-bond donors (Lipinski definition) is 4. The Labute approximate surface area is 133 Å². The lowest BCUT2D eigenvalue weighted by molar-refractivity contribution is -0.123. The van der Waals surface area contributed by atoms with Gasteiger partial charge in [0.2, 0.25) is 5.91 Å². The molecule has 0 spiro atoms. The van der Waals surface area contributed by atoms with Gasteiger partial charge in [-0.2, -0.15) is 0 Å². The van der Waals surface area contributed by atoms with Crippen molar-refractivity contribution in [2.24, 2.45) is 11.5 Å².